The molecule has 3 heterocycles. The summed E-state index contributed by atoms with van der Waals surface area (Å²) in [5, 5.41) is 7.30. The van der Waals surface area contributed by atoms with Crippen LogP contribution in [0.15, 0.2) is 41.1 Å². The number of piperidine rings is 1. The van der Waals surface area contributed by atoms with Gasteiger partial charge in [0.05, 0.1) is 11.5 Å². The number of nitrogens with one attached hydrogen (secondary N) is 1. The van der Waals surface area contributed by atoms with Crippen molar-refractivity contribution >= 4 is 23.3 Å². The van der Waals surface area contributed by atoms with Gasteiger partial charge < -0.3 is 14.7 Å². The zero-order valence-electron chi connectivity index (χ0n) is 17.1. The van der Waals surface area contributed by atoms with Gasteiger partial charge in [0.1, 0.15) is 11.6 Å². The lowest BCUT2D eigenvalue weighted by Gasteiger charge is -2.33. The summed E-state index contributed by atoms with van der Waals surface area (Å²) in [6.45, 7) is 3.53. The second-order valence-electron chi connectivity index (χ2n) is 7.48. The average molecular weight is 444 g/mol. The lowest BCUT2D eigenvalue weighted by atomic mass is 9.96. The highest BCUT2D eigenvalue weighted by Gasteiger charge is 2.28. The number of hydrogen-bond acceptors (Lipinski definition) is 6. The Morgan fingerprint density at radius 1 is 1.39 bits per heavy atom. The summed E-state index contributed by atoms with van der Waals surface area (Å²) in [4.78, 5) is 23.9. The minimum absolute atomic E-state index is 0.0598. The van der Waals surface area contributed by atoms with Crippen LogP contribution in [0, 0.1) is 11.7 Å². The van der Waals surface area contributed by atoms with Gasteiger partial charge in [-0.3, -0.25) is 4.79 Å². The van der Waals surface area contributed by atoms with Crippen LogP contribution in [-0.4, -0.2) is 34.1 Å². The van der Waals surface area contributed by atoms with Crippen LogP contribution in [0.25, 0.3) is 11.4 Å². The number of rotatable bonds is 6. The summed E-state index contributed by atoms with van der Waals surface area (Å²) in [7, 11) is 0. The van der Waals surface area contributed by atoms with E-state index in [2.05, 4.69) is 25.3 Å². The Bertz CT molecular complexity index is 1070. The molecule has 1 saturated heterocycles. The number of hydrogen-bond donors (Lipinski definition) is 1. The Morgan fingerprint density at radius 3 is 3.03 bits per heavy atom. The molecule has 1 atom stereocenters. The highest BCUT2D eigenvalue weighted by atomic mass is 35.5. The minimum Gasteiger partial charge on any atom is -0.355 e. The van der Waals surface area contributed by atoms with Crippen molar-refractivity contribution in [3.63, 3.8) is 0 Å². The Morgan fingerprint density at radius 2 is 2.26 bits per heavy atom. The molecule has 0 radical (unpaired) electrons. The standard InChI is InChI=1S/C22H23ClFN5O2/c1-2-19-27-20(28-31-19)17-6-3-9-25-21(17)29-10-4-5-15(13-29)22(30)26-12-14-7-8-16(24)11-18(14)23/h3,6-9,11,15H,2,4-5,10,12-13H2,1H3,(H,26,30)/t15-/m1/s1. The first-order valence-corrected chi connectivity index (χ1v) is 10.7. The van der Waals surface area contributed by atoms with Crippen LogP contribution in [0.4, 0.5) is 10.2 Å². The van der Waals surface area contributed by atoms with Gasteiger partial charge in [-0.1, -0.05) is 29.7 Å². The first kappa shape index (κ1) is 21.2. The van der Waals surface area contributed by atoms with E-state index in [-0.39, 0.29) is 18.4 Å². The number of benzene rings is 1. The Hall–Kier alpha value is -3.00. The Balaban J connectivity index is 1.46. The summed E-state index contributed by atoms with van der Waals surface area (Å²) in [5.74, 6) is 1.15. The largest absolute Gasteiger partial charge is 0.355 e. The fourth-order valence-corrected chi connectivity index (χ4v) is 3.94. The van der Waals surface area contributed by atoms with Crippen molar-refractivity contribution < 1.29 is 13.7 Å². The molecule has 7 nitrogen and oxygen atoms in total. The van der Waals surface area contributed by atoms with Gasteiger partial charge in [-0.25, -0.2) is 9.37 Å². The Labute approximate surface area is 184 Å². The number of aryl methyl sites for hydroxylation is 1. The number of aromatic nitrogens is 3. The van der Waals surface area contributed by atoms with Crippen molar-refractivity contribution in [2.24, 2.45) is 5.92 Å². The maximum atomic E-state index is 13.2. The van der Waals surface area contributed by atoms with E-state index in [0.29, 0.717) is 35.3 Å². The molecule has 162 valence electrons. The van der Waals surface area contributed by atoms with Gasteiger partial charge in [-0.05, 0) is 42.7 Å². The summed E-state index contributed by atoms with van der Waals surface area (Å²) < 4.78 is 18.5. The van der Waals surface area contributed by atoms with E-state index in [0.717, 1.165) is 30.8 Å². The molecule has 31 heavy (non-hydrogen) atoms. The predicted molar refractivity (Wildman–Crippen MR) is 115 cm³/mol. The number of anilines is 1. The van der Waals surface area contributed by atoms with E-state index in [1.165, 1.54) is 12.1 Å². The molecule has 1 amide bonds. The van der Waals surface area contributed by atoms with Gasteiger partial charge in [-0.15, -0.1) is 0 Å². The van der Waals surface area contributed by atoms with Crippen molar-refractivity contribution in [3.05, 3.63) is 58.8 Å². The van der Waals surface area contributed by atoms with E-state index in [1.807, 2.05) is 19.1 Å². The van der Waals surface area contributed by atoms with E-state index in [4.69, 9.17) is 16.1 Å². The maximum Gasteiger partial charge on any atom is 0.226 e. The molecule has 2 aromatic heterocycles. The highest BCUT2D eigenvalue weighted by Crippen LogP contribution is 2.30. The van der Waals surface area contributed by atoms with E-state index in [1.54, 1.807) is 12.3 Å². The third-order valence-corrected chi connectivity index (χ3v) is 5.71. The lowest BCUT2D eigenvalue weighted by Crippen LogP contribution is -2.43. The second kappa shape index (κ2) is 9.43. The fraction of sp³-hybridized carbons (Fsp3) is 0.364. The van der Waals surface area contributed by atoms with Crippen LogP contribution in [0.1, 0.15) is 31.2 Å². The number of halogens is 2. The number of nitrogens with zero attached hydrogens (tertiary/aromatic N) is 4. The molecule has 0 unspecified atom stereocenters. The number of carbonyl (C=O) groups excluding carboxylic acids is 1. The molecule has 0 aliphatic carbocycles. The molecule has 0 bridgehead atoms. The van der Waals surface area contributed by atoms with E-state index in [9.17, 15) is 9.18 Å². The van der Waals surface area contributed by atoms with Crippen molar-refractivity contribution in [1.29, 1.82) is 0 Å². The molecule has 1 aliphatic heterocycles. The maximum absolute atomic E-state index is 13.2. The zero-order chi connectivity index (χ0) is 21.8. The predicted octanol–water partition coefficient (Wildman–Crippen LogP) is 4.02. The SMILES string of the molecule is CCc1nc(-c2cccnc2N2CCC[C@@H](C(=O)NCc3ccc(F)cc3Cl)C2)no1. The normalized spacial score (nSPS) is 16.4. The van der Waals surface area contributed by atoms with E-state index >= 15 is 0 Å². The molecular weight excluding hydrogens is 421 g/mol. The summed E-state index contributed by atoms with van der Waals surface area (Å²) in [6.07, 6.45) is 4.02. The number of pyridine rings is 1. The topological polar surface area (TPSA) is 84.2 Å². The van der Waals surface area contributed by atoms with Crippen LogP contribution in [0.2, 0.25) is 5.02 Å². The molecule has 1 N–H and O–H groups in total. The molecule has 0 saturated carbocycles. The highest BCUT2D eigenvalue weighted by molar-refractivity contribution is 6.31. The van der Waals surface area contributed by atoms with E-state index < -0.39 is 5.82 Å². The van der Waals surface area contributed by atoms with Crippen LogP contribution >= 0.6 is 11.6 Å². The molecule has 9 heteroatoms. The quantitative estimate of drug-likeness (QED) is 0.619. The molecule has 1 aromatic carbocycles. The average Bonchev–Trinajstić information content (AvgIpc) is 3.28. The fourth-order valence-electron chi connectivity index (χ4n) is 3.71. The van der Waals surface area contributed by atoms with Crippen molar-refractivity contribution in [3.8, 4) is 11.4 Å². The minimum atomic E-state index is -0.401. The lowest BCUT2D eigenvalue weighted by molar-refractivity contribution is -0.125. The van der Waals surface area contributed by atoms with Crippen molar-refractivity contribution in [1.82, 2.24) is 20.4 Å². The van der Waals surface area contributed by atoms with Crippen molar-refractivity contribution in [2.45, 2.75) is 32.7 Å². The van der Waals surface area contributed by atoms with Crippen LogP contribution in [-0.2, 0) is 17.8 Å². The van der Waals surface area contributed by atoms with Crippen LogP contribution in [0.3, 0.4) is 0 Å². The summed E-state index contributed by atoms with van der Waals surface area (Å²) >= 11 is 6.06. The molecule has 4 rings (SSSR count). The van der Waals surface area contributed by atoms with Crippen molar-refractivity contribution in [2.75, 3.05) is 18.0 Å². The molecule has 0 spiro atoms. The van der Waals surface area contributed by atoms with Crippen LogP contribution < -0.4 is 10.2 Å². The van der Waals surface area contributed by atoms with Gasteiger partial charge >= 0.3 is 0 Å². The van der Waals surface area contributed by atoms with Gasteiger partial charge in [0.2, 0.25) is 17.6 Å². The first-order chi connectivity index (χ1) is 15.0. The number of carbonyl (C=O) groups is 1. The summed E-state index contributed by atoms with van der Waals surface area (Å²) in [5.41, 5.74) is 1.46. The third-order valence-electron chi connectivity index (χ3n) is 5.36. The van der Waals surface area contributed by atoms with Gasteiger partial charge in [0, 0.05) is 37.3 Å². The molecule has 1 aliphatic rings. The van der Waals surface area contributed by atoms with Gasteiger partial charge in [0.25, 0.3) is 0 Å². The van der Waals surface area contributed by atoms with Gasteiger partial charge in [-0.2, -0.15) is 4.98 Å². The Kier molecular flexibility index (Phi) is 6.46. The molecular formula is C22H23ClFN5O2. The molecule has 1 fully saturated rings. The number of amides is 1. The first-order valence-electron chi connectivity index (χ1n) is 10.3. The van der Waals surface area contributed by atoms with Crippen LogP contribution in [0.5, 0.6) is 0 Å². The third kappa shape index (κ3) is 4.85. The zero-order valence-corrected chi connectivity index (χ0v) is 17.9. The molecule has 3 aromatic rings. The smallest absolute Gasteiger partial charge is 0.226 e. The van der Waals surface area contributed by atoms with Gasteiger partial charge in [0.15, 0.2) is 0 Å². The second-order valence-corrected chi connectivity index (χ2v) is 7.89. The monoisotopic (exact) mass is 443 g/mol. The summed E-state index contributed by atoms with van der Waals surface area (Å²) in [6, 6.07) is 7.91.